The largest absolute Gasteiger partial charge is 0.486 e. The summed E-state index contributed by atoms with van der Waals surface area (Å²) < 4.78 is 5.70. The van der Waals surface area contributed by atoms with Gasteiger partial charge in [0, 0.05) is 35.2 Å². The van der Waals surface area contributed by atoms with E-state index in [-0.39, 0.29) is 11.9 Å². The highest BCUT2D eigenvalue weighted by molar-refractivity contribution is 7.09. The topological polar surface area (TPSA) is 54.5 Å². The molecule has 2 heterocycles. The van der Waals surface area contributed by atoms with Crippen molar-refractivity contribution in [1.82, 2.24) is 9.88 Å². The monoisotopic (exact) mass is 413 g/mol. The maximum absolute atomic E-state index is 12.8. The highest BCUT2D eigenvalue weighted by Crippen LogP contribution is 2.21. The Labute approximate surface area is 172 Å². The number of rotatable bonds is 6. The molecule has 1 aromatic heterocycles. The van der Waals surface area contributed by atoms with Gasteiger partial charge in [0.1, 0.15) is 23.1 Å². The molecule has 7 heteroatoms. The van der Waals surface area contributed by atoms with Crippen LogP contribution in [0.4, 0.5) is 5.69 Å². The summed E-state index contributed by atoms with van der Waals surface area (Å²) in [7, 11) is 0. The second-order valence-corrected chi connectivity index (χ2v) is 8.00. The summed E-state index contributed by atoms with van der Waals surface area (Å²) in [4.78, 5) is 19.1. The molecule has 0 radical (unpaired) electrons. The smallest absolute Gasteiger partial charge is 0.273 e. The number of nitrogens with one attached hydrogen (secondary N) is 1. The van der Waals surface area contributed by atoms with Crippen LogP contribution in [0.15, 0.2) is 60.0 Å². The Morgan fingerprint density at radius 2 is 2.00 bits per heavy atom. The molecule has 1 amide bonds. The molecule has 2 aromatic carbocycles. The molecule has 0 bridgehead atoms. The molecule has 1 N–H and O–H groups in total. The van der Waals surface area contributed by atoms with Gasteiger partial charge in [-0.05, 0) is 42.8 Å². The third kappa shape index (κ3) is 4.64. The van der Waals surface area contributed by atoms with Crippen LogP contribution in [0.5, 0.6) is 5.75 Å². The van der Waals surface area contributed by atoms with Crippen molar-refractivity contribution in [1.29, 1.82) is 0 Å². The van der Waals surface area contributed by atoms with E-state index >= 15 is 0 Å². The fourth-order valence-electron chi connectivity index (χ4n) is 3.15. The van der Waals surface area contributed by atoms with Crippen LogP contribution in [0.1, 0.15) is 21.9 Å². The molecular formula is C21H20ClN3O2S. The van der Waals surface area contributed by atoms with Gasteiger partial charge >= 0.3 is 0 Å². The number of ether oxygens (including phenoxy) is 1. The summed E-state index contributed by atoms with van der Waals surface area (Å²) in [5.74, 6) is 0.702. The van der Waals surface area contributed by atoms with Crippen LogP contribution >= 0.6 is 22.9 Å². The molecule has 0 saturated carbocycles. The first kappa shape index (κ1) is 18.8. The van der Waals surface area contributed by atoms with E-state index in [0.717, 1.165) is 29.4 Å². The van der Waals surface area contributed by atoms with Crippen molar-refractivity contribution in [3.63, 3.8) is 0 Å². The predicted molar refractivity (Wildman–Crippen MR) is 112 cm³/mol. The molecule has 1 fully saturated rings. The zero-order chi connectivity index (χ0) is 19.3. The van der Waals surface area contributed by atoms with E-state index in [0.29, 0.717) is 23.9 Å². The average Bonchev–Trinajstić information content (AvgIpc) is 3.38. The van der Waals surface area contributed by atoms with Gasteiger partial charge in [-0.15, -0.1) is 11.3 Å². The quantitative estimate of drug-likeness (QED) is 0.636. The minimum Gasteiger partial charge on any atom is -0.486 e. The van der Waals surface area contributed by atoms with Gasteiger partial charge in [0.25, 0.3) is 5.91 Å². The summed E-state index contributed by atoms with van der Waals surface area (Å²) in [6, 6.07) is 17.5. The van der Waals surface area contributed by atoms with Crippen LogP contribution in [0.3, 0.4) is 0 Å². The number of aromatic nitrogens is 1. The number of hydrogen-bond acceptors (Lipinski definition) is 5. The maximum atomic E-state index is 12.8. The SMILES string of the molecule is O=C(c1csc(COc2ccc(Cl)cc2)n1)N1CCC(Nc2ccccc2)C1. The summed E-state index contributed by atoms with van der Waals surface area (Å²) >= 11 is 7.31. The van der Waals surface area contributed by atoms with E-state index in [1.807, 2.05) is 47.4 Å². The molecule has 0 spiro atoms. The number of nitrogens with zero attached hydrogens (tertiary/aromatic N) is 2. The summed E-state index contributed by atoms with van der Waals surface area (Å²) in [5.41, 5.74) is 1.57. The Hall–Kier alpha value is -2.57. The highest BCUT2D eigenvalue weighted by atomic mass is 35.5. The molecule has 4 rings (SSSR count). The predicted octanol–water partition coefficient (Wildman–Crippen LogP) is 4.70. The molecule has 0 aliphatic carbocycles. The van der Waals surface area contributed by atoms with Gasteiger partial charge in [0.2, 0.25) is 0 Å². The third-order valence-electron chi connectivity index (χ3n) is 4.57. The van der Waals surface area contributed by atoms with Gasteiger partial charge < -0.3 is 15.0 Å². The Bertz CT molecular complexity index is 930. The zero-order valence-corrected chi connectivity index (χ0v) is 16.7. The summed E-state index contributed by atoms with van der Waals surface area (Å²) in [5, 5.41) is 6.73. The molecule has 28 heavy (non-hydrogen) atoms. The molecule has 1 unspecified atom stereocenters. The zero-order valence-electron chi connectivity index (χ0n) is 15.2. The number of thiazole rings is 1. The molecule has 1 aliphatic heterocycles. The second kappa shape index (κ2) is 8.63. The Morgan fingerprint density at radius 1 is 1.21 bits per heavy atom. The van der Waals surface area contributed by atoms with E-state index < -0.39 is 0 Å². The fraction of sp³-hybridized carbons (Fsp3) is 0.238. The number of benzene rings is 2. The van der Waals surface area contributed by atoms with Gasteiger partial charge in [-0.25, -0.2) is 4.98 Å². The van der Waals surface area contributed by atoms with Gasteiger partial charge in [0.15, 0.2) is 0 Å². The average molecular weight is 414 g/mol. The van der Waals surface area contributed by atoms with E-state index in [4.69, 9.17) is 16.3 Å². The minimum atomic E-state index is -0.0219. The third-order valence-corrected chi connectivity index (χ3v) is 5.64. The molecule has 144 valence electrons. The van der Waals surface area contributed by atoms with Crippen molar-refractivity contribution in [2.24, 2.45) is 0 Å². The van der Waals surface area contributed by atoms with Gasteiger partial charge in [0.05, 0.1) is 0 Å². The van der Waals surface area contributed by atoms with Gasteiger partial charge in [-0.3, -0.25) is 4.79 Å². The highest BCUT2D eigenvalue weighted by Gasteiger charge is 2.28. The molecule has 1 atom stereocenters. The minimum absolute atomic E-state index is 0.0219. The van der Waals surface area contributed by atoms with Crippen LogP contribution in [0, 0.1) is 0 Å². The van der Waals surface area contributed by atoms with Crippen LogP contribution in [0.25, 0.3) is 0 Å². The number of para-hydroxylation sites is 1. The number of likely N-dealkylation sites (tertiary alicyclic amines) is 1. The Morgan fingerprint density at radius 3 is 2.79 bits per heavy atom. The maximum Gasteiger partial charge on any atom is 0.273 e. The first-order valence-electron chi connectivity index (χ1n) is 9.11. The standard InChI is InChI=1S/C21H20ClN3O2S/c22-15-6-8-18(9-7-15)27-13-20-24-19(14-28-20)21(26)25-11-10-17(12-25)23-16-4-2-1-3-5-16/h1-9,14,17,23H,10-13H2. The first-order valence-corrected chi connectivity index (χ1v) is 10.4. The second-order valence-electron chi connectivity index (χ2n) is 6.62. The lowest BCUT2D eigenvalue weighted by atomic mass is 10.2. The summed E-state index contributed by atoms with van der Waals surface area (Å²) in [6.07, 6.45) is 0.928. The summed E-state index contributed by atoms with van der Waals surface area (Å²) in [6.45, 7) is 1.75. The van der Waals surface area contributed by atoms with Crippen molar-refractivity contribution in [3.8, 4) is 5.75 Å². The van der Waals surface area contributed by atoms with Crippen molar-refractivity contribution >= 4 is 34.5 Å². The molecule has 3 aromatic rings. The number of hydrogen-bond donors (Lipinski definition) is 1. The number of carbonyl (C=O) groups is 1. The van der Waals surface area contributed by atoms with Gasteiger partial charge in [-0.2, -0.15) is 0 Å². The lowest BCUT2D eigenvalue weighted by Gasteiger charge is -2.16. The van der Waals surface area contributed by atoms with Crippen molar-refractivity contribution < 1.29 is 9.53 Å². The number of amides is 1. The van der Waals surface area contributed by atoms with E-state index in [2.05, 4.69) is 10.3 Å². The van der Waals surface area contributed by atoms with E-state index in [9.17, 15) is 4.79 Å². The van der Waals surface area contributed by atoms with Crippen molar-refractivity contribution in [2.45, 2.75) is 19.1 Å². The van der Waals surface area contributed by atoms with Gasteiger partial charge in [-0.1, -0.05) is 29.8 Å². The van der Waals surface area contributed by atoms with Crippen LogP contribution in [0.2, 0.25) is 5.02 Å². The lowest BCUT2D eigenvalue weighted by Crippen LogP contribution is -2.31. The number of carbonyl (C=O) groups excluding carboxylic acids is 1. The van der Waals surface area contributed by atoms with E-state index in [1.165, 1.54) is 11.3 Å². The fourth-order valence-corrected chi connectivity index (χ4v) is 3.95. The molecule has 1 saturated heterocycles. The number of halogens is 1. The first-order chi connectivity index (χ1) is 13.7. The normalized spacial score (nSPS) is 16.2. The molecule has 1 aliphatic rings. The van der Waals surface area contributed by atoms with Crippen LogP contribution < -0.4 is 10.1 Å². The Balaban J connectivity index is 1.31. The number of anilines is 1. The Kier molecular flexibility index (Phi) is 5.78. The van der Waals surface area contributed by atoms with Crippen molar-refractivity contribution in [3.05, 3.63) is 75.7 Å². The molecule has 5 nitrogen and oxygen atoms in total. The van der Waals surface area contributed by atoms with Crippen molar-refractivity contribution in [2.75, 3.05) is 18.4 Å². The van der Waals surface area contributed by atoms with Crippen LogP contribution in [-0.2, 0) is 6.61 Å². The molecular weight excluding hydrogens is 394 g/mol. The van der Waals surface area contributed by atoms with Crippen LogP contribution in [-0.4, -0.2) is 34.9 Å². The lowest BCUT2D eigenvalue weighted by molar-refractivity contribution is 0.0786. The van der Waals surface area contributed by atoms with E-state index in [1.54, 1.807) is 17.5 Å².